The molecule has 110 valence electrons. The van der Waals surface area contributed by atoms with Gasteiger partial charge in [0.25, 0.3) is 0 Å². The SMILES string of the molecule is COCC1(C(=O)Nc2ccc(Cl)c(Cl)c2)CCNCC1. The van der Waals surface area contributed by atoms with E-state index in [1.54, 1.807) is 25.3 Å². The maximum absolute atomic E-state index is 12.6. The highest BCUT2D eigenvalue weighted by atomic mass is 35.5. The third-order valence-electron chi connectivity index (χ3n) is 3.64. The van der Waals surface area contributed by atoms with Gasteiger partial charge in [0.1, 0.15) is 0 Å². The molecule has 1 aliphatic heterocycles. The predicted molar refractivity (Wildman–Crippen MR) is 81.5 cm³/mol. The van der Waals surface area contributed by atoms with Crippen molar-refractivity contribution in [1.29, 1.82) is 0 Å². The Hall–Kier alpha value is -0.810. The first-order valence-corrected chi connectivity index (χ1v) is 7.29. The van der Waals surface area contributed by atoms with Crippen LogP contribution in [0.1, 0.15) is 12.8 Å². The van der Waals surface area contributed by atoms with Crippen LogP contribution in [0.15, 0.2) is 18.2 Å². The van der Waals surface area contributed by atoms with E-state index < -0.39 is 5.41 Å². The lowest BCUT2D eigenvalue weighted by molar-refractivity contribution is -0.130. The van der Waals surface area contributed by atoms with Crippen molar-refractivity contribution < 1.29 is 9.53 Å². The van der Waals surface area contributed by atoms with E-state index in [1.807, 2.05) is 0 Å². The van der Waals surface area contributed by atoms with Crippen LogP contribution in [0, 0.1) is 5.41 Å². The van der Waals surface area contributed by atoms with Crippen LogP contribution in [-0.4, -0.2) is 32.7 Å². The van der Waals surface area contributed by atoms with E-state index in [1.165, 1.54) is 0 Å². The van der Waals surface area contributed by atoms with Crippen LogP contribution in [0.4, 0.5) is 5.69 Å². The minimum absolute atomic E-state index is 0.0285. The minimum atomic E-state index is -0.480. The van der Waals surface area contributed by atoms with Gasteiger partial charge in [-0.3, -0.25) is 4.79 Å². The molecule has 0 unspecified atom stereocenters. The number of hydrogen-bond donors (Lipinski definition) is 2. The average Bonchev–Trinajstić information content (AvgIpc) is 2.44. The van der Waals surface area contributed by atoms with Crippen molar-refractivity contribution in [3.05, 3.63) is 28.2 Å². The number of piperidine rings is 1. The van der Waals surface area contributed by atoms with Crippen molar-refractivity contribution in [1.82, 2.24) is 5.32 Å². The number of halogens is 2. The van der Waals surface area contributed by atoms with Crippen molar-refractivity contribution in [3.63, 3.8) is 0 Å². The van der Waals surface area contributed by atoms with Gasteiger partial charge in [-0.1, -0.05) is 23.2 Å². The molecule has 0 aromatic heterocycles. The number of hydrogen-bond acceptors (Lipinski definition) is 3. The highest BCUT2D eigenvalue weighted by molar-refractivity contribution is 6.42. The standard InChI is InChI=1S/C14H18Cl2N2O2/c1-20-9-14(4-6-17-7-5-14)13(19)18-10-2-3-11(15)12(16)8-10/h2-3,8,17H,4-7,9H2,1H3,(H,18,19). The molecule has 0 saturated carbocycles. The summed E-state index contributed by atoms with van der Waals surface area (Å²) in [5, 5.41) is 7.07. The fraction of sp³-hybridized carbons (Fsp3) is 0.500. The van der Waals surface area contributed by atoms with Crippen molar-refractivity contribution in [2.75, 3.05) is 32.1 Å². The van der Waals surface area contributed by atoms with E-state index in [2.05, 4.69) is 10.6 Å². The van der Waals surface area contributed by atoms with Gasteiger partial charge in [0.15, 0.2) is 0 Å². The summed E-state index contributed by atoms with van der Waals surface area (Å²) >= 11 is 11.8. The number of ether oxygens (including phenoxy) is 1. The predicted octanol–water partition coefficient (Wildman–Crippen LogP) is 2.95. The molecule has 0 spiro atoms. The van der Waals surface area contributed by atoms with Gasteiger partial charge in [0, 0.05) is 12.8 Å². The number of benzene rings is 1. The molecule has 1 aliphatic rings. The smallest absolute Gasteiger partial charge is 0.233 e. The van der Waals surface area contributed by atoms with Gasteiger partial charge in [-0.2, -0.15) is 0 Å². The van der Waals surface area contributed by atoms with Crippen LogP contribution in [0.5, 0.6) is 0 Å². The molecule has 1 saturated heterocycles. The lowest BCUT2D eigenvalue weighted by atomic mass is 9.78. The zero-order chi connectivity index (χ0) is 14.6. The maximum Gasteiger partial charge on any atom is 0.233 e. The van der Waals surface area contributed by atoms with Gasteiger partial charge in [-0.15, -0.1) is 0 Å². The fourth-order valence-electron chi connectivity index (χ4n) is 2.46. The minimum Gasteiger partial charge on any atom is -0.384 e. The molecule has 2 N–H and O–H groups in total. The molecular weight excluding hydrogens is 299 g/mol. The lowest BCUT2D eigenvalue weighted by Gasteiger charge is -2.35. The second-order valence-corrected chi connectivity index (χ2v) is 5.86. The number of amides is 1. The number of nitrogens with one attached hydrogen (secondary N) is 2. The Labute approximate surface area is 128 Å². The van der Waals surface area contributed by atoms with Crippen LogP contribution in [-0.2, 0) is 9.53 Å². The molecule has 6 heteroatoms. The molecule has 20 heavy (non-hydrogen) atoms. The molecule has 1 aromatic carbocycles. The number of anilines is 1. The topological polar surface area (TPSA) is 50.4 Å². The fourth-order valence-corrected chi connectivity index (χ4v) is 2.75. The maximum atomic E-state index is 12.6. The highest BCUT2D eigenvalue weighted by Crippen LogP contribution is 2.32. The van der Waals surface area contributed by atoms with Gasteiger partial charge < -0.3 is 15.4 Å². The summed E-state index contributed by atoms with van der Waals surface area (Å²) in [5.74, 6) is -0.0285. The molecule has 1 fully saturated rings. The molecule has 0 atom stereocenters. The number of rotatable bonds is 4. The molecule has 0 radical (unpaired) electrons. The first kappa shape index (κ1) is 15.6. The third-order valence-corrected chi connectivity index (χ3v) is 4.38. The zero-order valence-corrected chi connectivity index (χ0v) is 12.9. The Balaban J connectivity index is 2.13. The number of carbonyl (C=O) groups is 1. The molecule has 0 aliphatic carbocycles. The summed E-state index contributed by atoms with van der Waals surface area (Å²) in [5.41, 5.74) is 0.171. The van der Waals surface area contributed by atoms with Gasteiger partial charge in [-0.25, -0.2) is 0 Å². The molecule has 1 amide bonds. The Morgan fingerprint density at radius 1 is 1.35 bits per heavy atom. The third kappa shape index (κ3) is 3.44. The Morgan fingerprint density at radius 3 is 2.65 bits per heavy atom. The molecular formula is C14H18Cl2N2O2. The van der Waals surface area contributed by atoms with E-state index in [4.69, 9.17) is 27.9 Å². The van der Waals surface area contributed by atoms with Crippen LogP contribution in [0.25, 0.3) is 0 Å². The van der Waals surface area contributed by atoms with E-state index in [0.29, 0.717) is 22.3 Å². The van der Waals surface area contributed by atoms with Crippen LogP contribution in [0.2, 0.25) is 10.0 Å². The highest BCUT2D eigenvalue weighted by Gasteiger charge is 2.39. The van der Waals surface area contributed by atoms with Gasteiger partial charge in [0.05, 0.1) is 22.1 Å². The number of methoxy groups -OCH3 is 1. The average molecular weight is 317 g/mol. The van der Waals surface area contributed by atoms with Crippen molar-refractivity contribution in [3.8, 4) is 0 Å². The molecule has 0 bridgehead atoms. The summed E-state index contributed by atoms with van der Waals surface area (Å²) in [4.78, 5) is 12.6. The summed E-state index contributed by atoms with van der Waals surface area (Å²) < 4.78 is 5.25. The number of carbonyl (C=O) groups excluding carboxylic acids is 1. The van der Waals surface area contributed by atoms with E-state index in [-0.39, 0.29) is 5.91 Å². The molecule has 2 rings (SSSR count). The quantitative estimate of drug-likeness (QED) is 0.898. The lowest BCUT2D eigenvalue weighted by Crippen LogP contribution is -2.47. The van der Waals surface area contributed by atoms with E-state index in [9.17, 15) is 4.79 Å². The second kappa shape index (κ2) is 6.76. The summed E-state index contributed by atoms with van der Waals surface area (Å²) in [6, 6.07) is 5.07. The zero-order valence-electron chi connectivity index (χ0n) is 11.3. The van der Waals surface area contributed by atoms with Gasteiger partial charge in [-0.05, 0) is 44.1 Å². The van der Waals surface area contributed by atoms with Crippen LogP contribution < -0.4 is 10.6 Å². The summed E-state index contributed by atoms with van der Waals surface area (Å²) in [6.45, 7) is 2.05. The largest absolute Gasteiger partial charge is 0.384 e. The molecule has 1 aromatic rings. The molecule has 1 heterocycles. The Kier molecular flexibility index (Phi) is 5.27. The van der Waals surface area contributed by atoms with E-state index >= 15 is 0 Å². The van der Waals surface area contributed by atoms with Crippen molar-refractivity contribution in [2.24, 2.45) is 5.41 Å². The van der Waals surface area contributed by atoms with Gasteiger partial charge >= 0.3 is 0 Å². The van der Waals surface area contributed by atoms with Crippen LogP contribution in [0.3, 0.4) is 0 Å². The van der Waals surface area contributed by atoms with Crippen LogP contribution >= 0.6 is 23.2 Å². The Bertz CT molecular complexity index is 483. The van der Waals surface area contributed by atoms with Crippen molar-refractivity contribution in [2.45, 2.75) is 12.8 Å². The van der Waals surface area contributed by atoms with E-state index in [0.717, 1.165) is 25.9 Å². The van der Waals surface area contributed by atoms with Gasteiger partial charge in [0.2, 0.25) is 5.91 Å². The Morgan fingerprint density at radius 2 is 2.05 bits per heavy atom. The second-order valence-electron chi connectivity index (χ2n) is 5.05. The first-order chi connectivity index (χ1) is 9.57. The monoisotopic (exact) mass is 316 g/mol. The normalized spacial score (nSPS) is 17.8. The summed E-state index contributed by atoms with van der Waals surface area (Å²) in [7, 11) is 1.62. The molecule has 4 nitrogen and oxygen atoms in total. The first-order valence-electron chi connectivity index (χ1n) is 6.53. The van der Waals surface area contributed by atoms with Crippen molar-refractivity contribution >= 4 is 34.8 Å². The summed E-state index contributed by atoms with van der Waals surface area (Å²) in [6.07, 6.45) is 1.52.